The average Bonchev–Trinajstić information content (AvgIpc) is 4.06. The van der Waals surface area contributed by atoms with Crippen LogP contribution < -0.4 is 26.2 Å². The molecule has 0 bridgehead atoms. The summed E-state index contributed by atoms with van der Waals surface area (Å²) < 4.78 is 12.7. The van der Waals surface area contributed by atoms with Crippen molar-refractivity contribution in [2.45, 2.75) is 101 Å². The fourth-order valence-corrected chi connectivity index (χ4v) is 14.0. The quantitative estimate of drug-likeness (QED) is 0.163. The second-order valence-corrected chi connectivity index (χ2v) is 20.2. The maximum Gasteiger partial charge on any atom is 0.253 e. The van der Waals surface area contributed by atoms with E-state index in [0.717, 1.165) is 50.8 Å². The minimum Gasteiger partial charge on any atom is -0.457 e. The smallest absolute Gasteiger partial charge is 0.253 e. The molecule has 6 heterocycles. The average molecular weight is 829 g/mol. The molecule has 0 radical (unpaired) electrons. The lowest BCUT2D eigenvalue weighted by atomic mass is 9.37. The molecule has 6 aliphatic rings. The fraction of sp³-hybridized carbons (Fsp3) is 0.286. The SMILES string of the molecule is CC12CCCCC1(C)N(c1cccc(-c3cc4ccccc4o3)c1Cl)c1ccccc12.CC12CCCCC1(C)N1c3cccc4c3B(c3cccc2c31)c1c-4oc2ccccc12. The summed E-state index contributed by atoms with van der Waals surface area (Å²) in [5, 5.41) is 3.12. The Morgan fingerprint density at radius 3 is 1.95 bits per heavy atom. The molecule has 4 aliphatic heterocycles. The second kappa shape index (κ2) is 12.7. The first-order valence-electron chi connectivity index (χ1n) is 22.9. The number of nitrogens with zero attached hydrogens (tertiary/aromatic N) is 2. The Kier molecular flexibility index (Phi) is 7.59. The third-order valence-electron chi connectivity index (χ3n) is 17.2. The summed E-state index contributed by atoms with van der Waals surface area (Å²) in [6.45, 7) is 10.2. The van der Waals surface area contributed by atoms with Crippen molar-refractivity contribution in [2.75, 3.05) is 9.80 Å². The summed E-state index contributed by atoms with van der Waals surface area (Å²) in [6, 6.07) is 48.0. The summed E-state index contributed by atoms with van der Waals surface area (Å²) in [4.78, 5) is 5.27. The number of para-hydroxylation sites is 4. The van der Waals surface area contributed by atoms with Crippen LogP contribution in [0, 0.1) is 0 Å². The van der Waals surface area contributed by atoms with Crippen molar-refractivity contribution >= 4 is 79.4 Å². The van der Waals surface area contributed by atoms with Crippen molar-refractivity contribution in [3.05, 3.63) is 150 Å². The van der Waals surface area contributed by atoms with Crippen LogP contribution in [-0.4, -0.2) is 17.8 Å². The molecule has 2 aromatic heterocycles. The fourth-order valence-electron chi connectivity index (χ4n) is 13.7. The van der Waals surface area contributed by atoms with Gasteiger partial charge < -0.3 is 18.6 Å². The van der Waals surface area contributed by atoms with Crippen molar-refractivity contribution in [3.8, 4) is 22.6 Å². The highest BCUT2D eigenvalue weighted by atomic mass is 35.5. The minimum atomic E-state index is -0.00885. The van der Waals surface area contributed by atoms with E-state index in [0.29, 0.717) is 0 Å². The number of hydrogen-bond donors (Lipinski definition) is 0. The first-order valence-corrected chi connectivity index (χ1v) is 23.3. The predicted molar refractivity (Wildman–Crippen MR) is 259 cm³/mol. The number of benzene rings is 6. The van der Waals surface area contributed by atoms with Crippen LogP contribution in [0.4, 0.5) is 22.7 Å². The molecular weight excluding hydrogens is 779 g/mol. The van der Waals surface area contributed by atoms with E-state index in [1.165, 1.54) is 94.9 Å². The van der Waals surface area contributed by atoms with Crippen LogP contribution in [0.25, 0.3) is 44.6 Å². The van der Waals surface area contributed by atoms with E-state index < -0.39 is 0 Å². The van der Waals surface area contributed by atoms with Crippen LogP contribution in [0.2, 0.25) is 5.02 Å². The lowest BCUT2D eigenvalue weighted by Crippen LogP contribution is -2.60. The van der Waals surface area contributed by atoms with Gasteiger partial charge in [-0.25, -0.2) is 0 Å². The van der Waals surface area contributed by atoms with Gasteiger partial charge >= 0.3 is 0 Å². The summed E-state index contributed by atoms with van der Waals surface area (Å²) in [5.41, 5.74) is 17.1. The molecule has 6 aromatic carbocycles. The number of hydrogen-bond acceptors (Lipinski definition) is 4. The van der Waals surface area contributed by atoms with E-state index in [9.17, 15) is 0 Å². The zero-order valence-electron chi connectivity index (χ0n) is 36.0. The van der Waals surface area contributed by atoms with Crippen molar-refractivity contribution in [1.82, 2.24) is 0 Å². The van der Waals surface area contributed by atoms with E-state index in [2.05, 4.69) is 153 Å². The molecule has 14 rings (SSSR count). The van der Waals surface area contributed by atoms with Gasteiger partial charge in [0.2, 0.25) is 0 Å². The van der Waals surface area contributed by atoms with Gasteiger partial charge in [0.05, 0.1) is 21.8 Å². The highest BCUT2D eigenvalue weighted by Gasteiger charge is 2.62. The van der Waals surface area contributed by atoms with E-state index in [1.807, 2.05) is 18.2 Å². The third kappa shape index (κ3) is 4.50. The Morgan fingerprint density at radius 1 is 0.532 bits per heavy atom. The normalized spacial score (nSPS) is 25.8. The van der Waals surface area contributed by atoms with E-state index in [4.69, 9.17) is 20.4 Å². The Hall–Kier alpha value is -5.65. The maximum atomic E-state index is 7.15. The third-order valence-corrected chi connectivity index (χ3v) is 17.6. The number of rotatable bonds is 2. The zero-order valence-corrected chi connectivity index (χ0v) is 36.8. The Balaban J connectivity index is 0.000000126. The summed E-state index contributed by atoms with van der Waals surface area (Å²) in [6.07, 6.45) is 10.1. The van der Waals surface area contributed by atoms with Crippen molar-refractivity contribution < 1.29 is 8.83 Å². The zero-order chi connectivity index (χ0) is 41.8. The molecule has 62 heavy (non-hydrogen) atoms. The number of furan rings is 2. The molecule has 0 saturated heterocycles. The summed E-state index contributed by atoms with van der Waals surface area (Å²) in [7, 11) is 0. The summed E-state index contributed by atoms with van der Waals surface area (Å²) >= 11 is 7.15. The first kappa shape index (κ1) is 37.0. The molecule has 4 nitrogen and oxygen atoms in total. The van der Waals surface area contributed by atoms with Gasteiger partial charge in [-0.15, -0.1) is 0 Å². The van der Waals surface area contributed by atoms with E-state index >= 15 is 0 Å². The van der Waals surface area contributed by atoms with Crippen LogP contribution in [0.1, 0.15) is 90.2 Å². The Morgan fingerprint density at radius 2 is 1.15 bits per heavy atom. The Labute approximate surface area is 369 Å². The van der Waals surface area contributed by atoms with Gasteiger partial charge in [-0.2, -0.15) is 0 Å². The lowest BCUT2D eigenvalue weighted by Gasteiger charge is -2.51. The topological polar surface area (TPSA) is 32.8 Å². The highest BCUT2D eigenvalue weighted by Crippen LogP contribution is 2.63. The van der Waals surface area contributed by atoms with Crippen molar-refractivity contribution in [3.63, 3.8) is 0 Å². The maximum absolute atomic E-state index is 7.15. The first-order chi connectivity index (χ1) is 30.2. The second-order valence-electron chi connectivity index (χ2n) is 19.9. The molecule has 4 unspecified atom stereocenters. The molecular formula is C56H50BClN2O2. The van der Waals surface area contributed by atoms with Crippen LogP contribution in [0.15, 0.2) is 142 Å². The van der Waals surface area contributed by atoms with Gasteiger partial charge in [-0.3, -0.25) is 0 Å². The van der Waals surface area contributed by atoms with Crippen molar-refractivity contribution in [1.29, 1.82) is 0 Å². The number of anilines is 4. The number of fused-ring (bicyclic) bond motifs is 14. The molecule has 2 saturated carbocycles. The van der Waals surface area contributed by atoms with Gasteiger partial charge in [-0.05, 0) is 110 Å². The predicted octanol–water partition coefficient (Wildman–Crippen LogP) is 13.5. The van der Waals surface area contributed by atoms with E-state index in [1.54, 1.807) is 5.56 Å². The minimum absolute atomic E-state index is 0.00885. The van der Waals surface area contributed by atoms with Crippen LogP contribution in [-0.2, 0) is 10.8 Å². The van der Waals surface area contributed by atoms with Gasteiger partial charge in [0.25, 0.3) is 6.71 Å². The molecule has 2 aliphatic carbocycles. The molecule has 0 amide bonds. The largest absolute Gasteiger partial charge is 0.457 e. The molecule has 4 atom stereocenters. The van der Waals surface area contributed by atoms with Gasteiger partial charge in [0.1, 0.15) is 22.7 Å². The molecule has 2 fully saturated rings. The van der Waals surface area contributed by atoms with Crippen LogP contribution in [0.5, 0.6) is 0 Å². The highest BCUT2D eigenvalue weighted by molar-refractivity contribution is 7.02. The van der Waals surface area contributed by atoms with Gasteiger partial charge in [0.15, 0.2) is 0 Å². The van der Waals surface area contributed by atoms with Crippen LogP contribution >= 0.6 is 11.6 Å². The monoisotopic (exact) mass is 828 g/mol. The van der Waals surface area contributed by atoms with Gasteiger partial charge in [0, 0.05) is 49.8 Å². The molecule has 306 valence electrons. The van der Waals surface area contributed by atoms with Crippen molar-refractivity contribution in [2.24, 2.45) is 0 Å². The van der Waals surface area contributed by atoms with Gasteiger partial charge in [-0.1, -0.05) is 142 Å². The number of halogens is 1. The standard InChI is InChI=1S/C28H24BNO.C28H26ClNO/c1-27-15-5-6-16-28(27,2)30-21-13-7-10-18-23(21)29(20-12-8-11-19(27)25(20)30)24-17-9-3-4-14-22(17)31-26(18)24;1-27-16-7-8-17-28(27,2)30(22-13-5-4-12-21(22)27)23-14-9-11-20(26(23)29)25-18-19-10-3-6-15-24(19)31-25/h3-4,7-14H,5-6,15-16H2,1-2H3;3-6,9-15,18H,7-8,16-17H2,1-2H3. The molecule has 0 spiro atoms. The molecule has 0 N–H and O–H groups in total. The molecule has 6 heteroatoms. The summed E-state index contributed by atoms with van der Waals surface area (Å²) in [5.74, 6) is 1.90. The Bertz CT molecular complexity index is 3150. The molecule has 8 aromatic rings. The lowest BCUT2D eigenvalue weighted by molar-refractivity contribution is 0.195. The van der Waals surface area contributed by atoms with Crippen LogP contribution in [0.3, 0.4) is 0 Å². The van der Waals surface area contributed by atoms with E-state index in [-0.39, 0.29) is 28.6 Å².